The molecule has 0 radical (unpaired) electrons. The van der Waals surface area contributed by atoms with Gasteiger partial charge in [-0.25, -0.2) is 18.7 Å². The average Bonchev–Trinajstić information content (AvgIpc) is 2.76. The third-order valence-electron chi connectivity index (χ3n) is 2.57. The van der Waals surface area contributed by atoms with Crippen LogP contribution in [0.4, 0.5) is 8.78 Å². The van der Waals surface area contributed by atoms with Crippen LogP contribution in [0.2, 0.25) is 5.02 Å². The molecule has 0 amide bonds. The van der Waals surface area contributed by atoms with E-state index in [2.05, 4.69) is 30.9 Å². The van der Waals surface area contributed by atoms with Crippen molar-refractivity contribution in [2.24, 2.45) is 0 Å². The molecule has 0 aliphatic carbocycles. The van der Waals surface area contributed by atoms with E-state index < -0.39 is 11.6 Å². The molecule has 0 atom stereocenters. The highest BCUT2D eigenvalue weighted by molar-refractivity contribution is 9.10. The number of aromatic nitrogens is 3. The van der Waals surface area contributed by atoms with E-state index in [1.165, 1.54) is 0 Å². The number of rotatable bonds is 1. The minimum atomic E-state index is -0.701. The number of H-pyrrole nitrogens is 1. The fraction of sp³-hybridized carbons (Fsp3) is 0. The number of fused-ring (bicyclic) bond motifs is 1. The van der Waals surface area contributed by atoms with Crippen molar-refractivity contribution < 1.29 is 8.78 Å². The van der Waals surface area contributed by atoms with E-state index in [1.54, 1.807) is 12.3 Å². The molecule has 0 unspecified atom stereocenters. The van der Waals surface area contributed by atoms with Crippen LogP contribution in [0, 0.1) is 11.6 Å². The molecule has 1 aromatic carbocycles. The minimum absolute atomic E-state index is 0.0102. The molecule has 2 heterocycles. The van der Waals surface area contributed by atoms with Crippen molar-refractivity contribution in [3.8, 4) is 11.4 Å². The van der Waals surface area contributed by atoms with Crippen LogP contribution in [0.25, 0.3) is 22.6 Å². The van der Waals surface area contributed by atoms with Gasteiger partial charge in [-0.3, -0.25) is 0 Å². The highest BCUT2D eigenvalue weighted by atomic mass is 79.9. The lowest BCUT2D eigenvalue weighted by Crippen LogP contribution is -1.89. The zero-order valence-electron chi connectivity index (χ0n) is 9.22. The Bertz CT molecular complexity index is 788. The van der Waals surface area contributed by atoms with Gasteiger partial charge in [0.1, 0.15) is 17.5 Å². The van der Waals surface area contributed by atoms with Crippen LogP contribution >= 0.6 is 27.5 Å². The Balaban J connectivity index is 2.21. The van der Waals surface area contributed by atoms with Gasteiger partial charge in [0.25, 0.3) is 0 Å². The Morgan fingerprint density at radius 2 is 1.95 bits per heavy atom. The zero-order valence-corrected chi connectivity index (χ0v) is 11.6. The quantitative estimate of drug-likeness (QED) is 0.668. The first kappa shape index (κ1) is 12.5. The van der Waals surface area contributed by atoms with Gasteiger partial charge < -0.3 is 4.98 Å². The molecule has 0 bridgehead atoms. The van der Waals surface area contributed by atoms with Crippen molar-refractivity contribution in [2.45, 2.75) is 0 Å². The lowest BCUT2D eigenvalue weighted by atomic mass is 10.2. The number of nitrogens with one attached hydrogen (secondary N) is 1. The zero-order chi connectivity index (χ0) is 13.6. The molecule has 96 valence electrons. The first-order valence-corrected chi connectivity index (χ1v) is 6.38. The summed E-state index contributed by atoms with van der Waals surface area (Å²) in [6.07, 6.45) is 1.58. The maximum atomic E-state index is 13.8. The third kappa shape index (κ3) is 2.21. The molecule has 7 heteroatoms. The molecule has 0 saturated carbocycles. The molecular formula is C12H5BrClF2N3. The van der Waals surface area contributed by atoms with E-state index in [9.17, 15) is 8.78 Å². The van der Waals surface area contributed by atoms with E-state index >= 15 is 0 Å². The average molecular weight is 345 g/mol. The summed E-state index contributed by atoms with van der Waals surface area (Å²) in [6, 6.07) is 3.68. The number of benzene rings is 1. The molecule has 19 heavy (non-hydrogen) atoms. The highest BCUT2D eigenvalue weighted by Gasteiger charge is 2.14. The number of hydrogen-bond acceptors (Lipinski definition) is 2. The molecule has 0 aliphatic heterocycles. The van der Waals surface area contributed by atoms with E-state index in [1.807, 2.05) is 0 Å². The lowest BCUT2D eigenvalue weighted by molar-refractivity contribution is 0.602. The van der Waals surface area contributed by atoms with Crippen LogP contribution < -0.4 is 0 Å². The van der Waals surface area contributed by atoms with Crippen LogP contribution in [0.1, 0.15) is 0 Å². The molecule has 0 fully saturated rings. The van der Waals surface area contributed by atoms with Gasteiger partial charge in [0.2, 0.25) is 0 Å². The Morgan fingerprint density at radius 1 is 1.16 bits per heavy atom. The number of pyridine rings is 1. The largest absolute Gasteiger partial charge is 0.336 e. The fourth-order valence-corrected chi connectivity index (χ4v) is 2.19. The highest BCUT2D eigenvalue weighted by Crippen LogP contribution is 2.27. The second kappa shape index (κ2) is 4.54. The number of nitrogens with zero attached hydrogens (tertiary/aromatic N) is 2. The van der Waals surface area contributed by atoms with Crippen molar-refractivity contribution in [3.63, 3.8) is 0 Å². The summed E-state index contributed by atoms with van der Waals surface area (Å²) in [6.45, 7) is 0. The molecule has 2 aromatic heterocycles. The monoisotopic (exact) mass is 343 g/mol. The van der Waals surface area contributed by atoms with E-state index in [0.29, 0.717) is 11.2 Å². The molecule has 3 aromatic rings. The van der Waals surface area contributed by atoms with Crippen LogP contribution in [0.3, 0.4) is 0 Å². The van der Waals surface area contributed by atoms with Crippen molar-refractivity contribution in [1.29, 1.82) is 0 Å². The van der Waals surface area contributed by atoms with Gasteiger partial charge in [0.05, 0.1) is 16.1 Å². The maximum Gasteiger partial charge on any atom is 0.178 e. The fourth-order valence-electron chi connectivity index (χ4n) is 1.71. The standard InChI is InChI=1S/C12H5BrClF2N3/c13-5-1-10-12(17-4-5)19-11(18-10)6-2-9(16)7(14)3-8(6)15/h1-4H,(H,17,18,19). The van der Waals surface area contributed by atoms with Crippen molar-refractivity contribution in [1.82, 2.24) is 15.0 Å². The molecule has 1 N–H and O–H groups in total. The molecule has 3 rings (SSSR count). The summed E-state index contributed by atoms with van der Waals surface area (Å²) in [5.41, 5.74) is 1.06. The normalized spacial score (nSPS) is 11.2. The molecular weight excluding hydrogens is 340 g/mol. The van der Waals surface area contributed by atoms with Crippen LogP contribution in [-0.2, 0) is 0 Å². The van der Waals surface area contributed by atoms with Crippen LogP contribution in [0.5, 0.6) is 0 Å². The lowest BCUT2D eigenvalue weighted by Gasteiger charge is -2.01. The van der Waals surface area contributed by atoms with E-state index in [4.69, 9.17) is 11.6 Å². The van der Waals surface area contributed by atoms with E-state index in [-0.39, 0.29) is 16.4 Å². The van der Waals surface area contributed by atoms with Crippen molar-refractivity contribution in [3.05, 3.63) is 45.5 Å². The Kier molecular flexibility index (Phi) is 2.99. The van der Waals surface area contributed by atoms with Gasteiger partial charge in [-0.2, -0.15) is 0 Å². The van der Waals surface area contributed by atoms with Gasteiger partial charge in [0, 0.05) is 10.7 Å². The van der Waals surface area contributed by atoms with Gasteiger partial charge in [-0.05, 0) is 34.1 Å². The number of halogens is 4. The summed E-state index contributed by atoms with van der Waals surface area (Å²) in [5.74, 6) is -1.15. The number of imidazole rings is 1. The second-order valence-corrected chi connectivity index (χ2v) is 5.18. The van der Waals surface area contributed by atoms with Crippen LogP contribution in [-0.4, -0.2) is 15.0 Å². The Labute approximate surface area is 119 Å². The predicted molar refractivity (Wildman–Crippen MR) is 72.0 cm³/mol. The first-order chi connectivity index (χ1) is 9.04. The second-order valence-electron chi connectivity index (χ2n) is 3.86. The van der Waals surface area contributed by atoms with Gasteiger partial charge in [-0.1, -0.05) is 11.6 Å². The molecule has 3 nitrogen and oxygen atoms in total. The summed E-state index contributed by atoms with van der Waals surface area (Å²) in [7, 11) is 0. The Morgan fingerprint density at radius 3 is 2.74 bits per heavy atom. The van der Waals surface area contributed by atoms with E-state index in [0.717, 1.165) is 16.6 Å². The predicted octanol–water partition coefficient (Wildman–Crippen LogP) is 4.32. The SMILES string of the molecule is Fc1cc(-c2nc3ncc(Br)cc3[nH]2)c(F)cc1Cl. The minimum Gasteiger partial charge on any atom is -0.336 e. The van der Waals surface area contributed by atoms with Gasteiger partial charge in [-0.15, -0.1) is 0 Å². The summed E-state index contributed by atoms with van der Waals surface area (Å²) < 4.78 is 27.9. The first-order valence-electron chi connectivity index (χ1n) is 5.21. The molecule has 0 aliphatic rings. The molecule has 0 spiro atoms. The van der Waals surface area contributed by atoms with Crippen molar-refractivity contribution >= 4 is 38.7 Å². The van der Waals surface area contributed by atoms with Gasteiger partial charge in [0.15, 0.2) is 5.65 Å². The van der Waals surface area contributed by atoms with Gasteiger partial charge >= 0.3 is 0 Å². The summed E-state index contributed by atoms with van der Waals surface area (Å²) in [4.78, 5) is 11.1. The van der Waals surface area contributed by atoms with Crippen molar-refractivity contribution in [2.75, 3.05) is 0 Å². The topological polar surface area (TPSA) is 41.6 Å². The number of aromatic amines is 1. The summed E-state index contributed by atoms with van der Waals surface area (Å²) >= 11 is 8.78. The van der Waals surface area contributed by atoms with Crippen LogP contribution in [0.15, 0.2) is 28.9 Å². The molecule has 0 saturated heterocycles. The Hall–Kier alpha value is -1.53. The smallest absolute Gasteiger partial charge is 0.178 e. The summed E-state index contributed by atoms with van der Waals surface area (Å²) in [5, 5.41) is -0.266. The third-order valence-corrected chi connectivity index (χ3v) is 3.29. The number of hydrogen-bond donors (Lipinski definition) is 1. The maximum absolute atomic E-state index is 13.8.